The summed E-state index contributed by atoms with van der Waals surface area (Å²) in [5, 5.41) is 3.62. The summed E-state index contributed by atoms with van der Waals surface area (Å²) in [5.41, 5.74) is 3.36. The molecule has 190 valence electrons. The van der Waals surface area contributed by atoms with Gasteiger partial charge in [-0.25, -0.2) is 13.4 Å². The Kier molecular flexibility index (Phi) is 7.78. The number of ether oxygens (including phenoxy) is 1. The van der Waals surface area contributed by atoms with Crippen molar-refractivity contribution in [2.24, 2.45) is 0 Å². The quantitative estimate of drug-likeness (QED) is 0.467. The van der Waals surface area contributed by atoms with Crippen molar-refractivity contribution in [2.75, 3.05) is 38.2 Å². The number of anilines is 1. The molecule has 0 bridgehead atoms. The summed E-state index contributed by atoms with van der Waals surface area (Å²) in [7, 11) is -3.51. The maximum Gasteiger partial charge on any atom is 0.243 e. The van der Waals surface area contributed by atoms with Gasteiger partial charge in [-0.1, -0.05) is 53.8 Å². The number of aromatic nitrogens is 1. The topological polar surface area (TPSA) is 93.0 Å². The smallest absolute Gasteiger partial charge is 0.243 e. The third-order valence-electron chi connectivity index (χ3n) is 6.62. The van der Waals surface area contributed by atoms with Crippen molar-refractivity contribution in [3.05, 3.63) is 76.3 Å². The van der Waals surface area contributed by atoms with Crippen LogP contribution in [0.2, 0.25) is 0 Å². The van der Waals surface area contributed by atoms with Crippen LogP contribution in [0.3, 0.4) is 0 Å². The predicted octanol–water partition coefficient (Wildman–Crippen LogP) is 1.88. The van der Waals surface area contributed by atoms with E-state index >= 15 is 0 Å². The number of nitrogens with zero attached hydrogens (tertiary/aromatic N) is 2. The van der Waals surface area contributed by atoms with E-state index in [1.54, 1.807) is 35.6 Å². The van der Waals surface area contributed by atoms with Crippen LogP contribution < -0.4 is 10.2 Å². The van der Waals surface area contributed by atoms with Crippen LogP contribution in [-0.4, -0.2) is 56.5 Å². The Morgan fingerprint density at radius 2 is 1.81 bits per heavy atom. The van der Waals surface area contributed by atoms with E-state index in [0.29, 0.717) is 44.3 Å². The van der Waals surface area contributed by atoms with Crippen molar-refractivity contribution < 1.29 is 22.8 Å². The van der Waals surface area contributed by atoms with Gasteiger partial charge < -0.3 is 15.0 Å². The van der Waals surface area contributed by atoms with Crippen molar-refractivity contribution in [2.45, 2.75) is 37.2 Å². The largest absolute Gasteiger partial charge is 0.379 e. The van der Waals surface area contributed by atoms with Crippen molar-refractivity contribution in [3.8, 4) is 0 Å². The maximum absolute atomic E-state index is 12.8. The third kappa shape index (κ3) is 6.01. The molecule has 10 heteroatoms. The van der Waals surface area contributed by atoms with Gasteiger partial charge in [-0.05, 0) is 24.1 Å². The molecule has 2 aliphatic rings. The Hall–Kier alpha value is -2.63. The fraction of sp³-hybridized carbons (Fsp3) is 0.385. The van der Waals surface area contributed by atoms with E-state index in [0.717, 1.165) is 37.3 Å². The molecule has 1 amide bonds. The molecule has 1 atom stereocenters. The highest BCUT2D eigenvalue weighted by Crippen LogP contribution is 2.25. The van der Waals surface area contributed by atoms with Crippen LogP contribution in [0.25, 0.3) is 0 Å². The number of thiazole rings is 1. The molecular formula is C26H31N4O4S2+. The molecular weight excluding hydrogens is 496 g/mol. The molecule has 8 nitrogen and oxygen atoms in total. The number of rotatable bonds is 8. The van der Waals surface area contributed by atoms with Crippen LogP contribution in [-0.2, 0) is 45.5 Å². The molecule has 0 radical (unpaired) electrons. The molecule has 0 saturated carbocycles. The molecule has 2 N–H and O–H groups in total. The van der Waals surface area contributed by atoms with Crippen molar-refractivity contribution >= 4 is 32.4 Å². The Morgan fingerprint density at radius 3 is 2.56 bits per heavy atom. The highest BCUT2D eigenvalue weighted by Gasteiger charge is 2.26. The van der Waals surface area contributed by atoms with Gasteiger partial charge in [-0.2, -0.15) is 4.31 Å². The number of carbonyl (C=O) groups is 1. The van der Waals surface area contributed by atoms with Gasteiger partial charge in [-0.15, -0.1) is 0 Å². The minimum Gasteiger partial charge on any atom is -0.379 e. The van der Waals surface area contributed by atoms with Crippen LogP contribution in [0.1, 0.15) is 28.1 Å². The number of benzene rings is 2. The van der Waals surface area contributed by atoms with E-state index in [2.05, 4.69) is 34.6 Å². The number of quaternary nitrogens is 1. The third-order valence-corrected chi connectivity index (χ3v) is 9.55. The molecule has 0 spiro atoms. The van der Waals surface area contributed by atoms with Gasteiger partial charge in [0.25, 0.3) is 0 Å². The lowest BCUT2D eigenvalue weighted by molar-refractivity contribution is -0.929. The van der Waals surface area contributed by atoms with Crippen molar-refractivity contribution in [1.29, 1.82) is 0 Å². The van der Waals surface area contributed by atoms with Gasteiger partial charge in [0.05, 0.1) is 35.2 Å². The highest BCUT2D eigenvalue weighted by molar-refractivity contribution is 7.89. The minimum absolute atomic E-state index is 0.0837. The van der Waals surface area contributed by atoms with Crippen LogP contribution >= 0.6 is 11.3 Å². The monoisotopic (exact) mass is 527 g/mol. The molecule has 36 heavy (non-hydrogen) atoms. The number of hydrogen-bond donors (Lipinski definition) is 2. The van der Waals surface area contributed by atoms with Gasteiger partial charge in [0.1, 0.15) is 13.1 Å². The lowest BCUT2D eigenvalue weighted by Gasteiger charge is -2.26. The number of carbonyl (C=O) groups excluding carboxylic acids is 1. The zero-order valence-corrected chi connectivity index (χ0v) is 21.7. The lowest BCUT2D eigenvalue weighted by Crippen LogP contribution is -3.10. The summed E-state index contributed by atoms with van der Waals surface area (Å²) in [6.45, 7) is 4.54. The molecule has 3 aromatic rings. The Labute approximate surface area is 216 Å². The summed E-state index contributed by atoms with van der Waals surface area (Å²) >= 11 is 1.57. The van der Waals surface area contributed by atoms with E-state index < -0.39 is 10.0 Å². The van der Waals surface area contributed by atoms with Crippen LogP contribution in [0.15, 0.2) is 59.5 Å². The van der Waals surface area contributed by atoms with Crippen LogP contribution in [0, 0.1) is 0 Å². The first-order chi connectivity index (χ1) is 17.5. The fourth-order valence-corrected chi connectivity index (χ4v) is 7.12. The second kappa shape index (κ2) is 11.2. The molecule has 2 aliphatic heterocycles. The average molecular weight is 528 g/mol. The van der Waals surface area contributed by atoms with Crippen molar-refractivity contribution in [1.82, 2.24) is 9.29 Å². The summed E-state index contributed by atoms with van der Waals surface area (Å²) in [5.74, 6) is -0.0837. The SMILES string of the molecule is O=C(CCc1ccc(S(=O)(=O)N2CCOCC2)cc1)Nc1nc2c(s1)C[NH+](Cc1ccccc1)CC2. The average Bonchev–Trinajstić information content (AvgIpc) is 3.30. The first kappa shape index (κ1) is 25.0. The van der Waals surface area contributed by atoms with Gasteiger partial charge in [-0.3, -0.25) is 4.79 Å². The van der Waals surface area contributed by atoms with Gasteiger partial charge in [0.2, 0.25) is 15.9 Å². The maximum atomic E-state index is 12.8. The number of fused-ring (bicyclic) bond motifs is 1. The van der Waals surface area contributed by atoms with Gasteiger partial charge >= 0.3 is 0 Å². The van der Waals surface area contributed by atoms with Gasteiger partial charge in [0, 0.05) is 31.5 Å². The molecule has 1 fully saturated rings. The number of morpholine rings is 1. The molecule has 3 heterocycles. The number of aryl methyl sites for hydroxylation is 1. The normalized spacial score (nSPS) is 18.5. The van der Waals surface area contributed by atoms with E-state index in [1.807, 2.05) is 6.07 Å². The second-order valence-electron chi connectivity index (χ2n) is 9.19. The summed E-state index contributed by atoms with van der Waals surface area (Å²) in [4.78, 5) is 20.3. The Morgan fingerprint density at radius 1 is 1.06 bits per heavy atom. The summed E-state index contributed by atoms with van der Waals surface area (Å²) in [6.07, 6.45) is 1.76. The standard InChI is InChI=1S/C26H30N4O4S2/c31-25(11-8-20-6-9-22(10-7-20)36(32,33)30-14-16-34-17-15-30)28-26-27-23-12-13-29(19-24(23)35-26)18-21-4-2-1-3-5-21/h1-7,9-10H,8,11-19H2,(H,27,28,31)/p+1. The van der Waals surface area contributed by atoms with E-state index in [1.165, 1.54) is 19.6 Å². The molecule has 5 rings (SSSR count). The Bertz CT molecular complexity index is 1290. The zero-order valence-electron chi connectivity index (χ0n) is 20.1. The lowest BCUT2D eigenvalue weighted by atomic mass is 10.1. The number of sulfonamides is 1. The van der Waals surface area contributed by atoms with E-state index in [4.69, 9.17) is 4.74 Å². The van der Waals surface area contributed by atoms with Gasteiger partial charge in [0.15, 0.2) is 5.13 Å². The summed E-state index contributed by atoms with van der Waals surface area (Å²) in [6, 6.07) is 17.3. The number of amides is 1. The van der Waals surface area contributed by atoms with Crippen LogP contribution in [0.4, 0.5) is 5.13 Å². The Balaban J connectivity index is 1.12. The summed E-state index contributed by atoms with van der Waals surface area (Å²) < 4.78 is 32.2. The molecule has 1 aromatic heterocycles. The minimum atomic E-state index is -3.51. The molecule has 2 aromatic carbocycles. The predicted molar refractivity (Wildman–Crippen MR) is 138 cm³/mol. The second-order valence-corrected chi connectivity index (χ2v) is 12.2. The number of nitrogens with one attached hydrogen (secondary N) is 2. The fourth-order valence-electron chi connectivity index (χ4n) is 4.62. The number of hydrogen-bond acceptors (Lipinski definition) is 6. The van der Waals surface area contributed by atoms with Crippen molar-refractivity contribution in [3.63, 3.8) is 0 Å². The molecule has 1 saturated heterocycles. The molecule has 0 aliphatic carbocycles. The first-order valence-electron chi connectivity index (χ1n) is 12.3. The molecule has 1 unspecified atom stereocenters. The van der Waals surface area contributed by atoms with E-state index in [-0.39, 0.29) is 10.8 Å². The highest BCUT2D eigenvalue weighted by atomic mass is 32.2. The van der Waals surface area contributed by atoms with Crippen LogP contribution in [0.5, 0.6) is 0 Å². The van der Waals surface area contributed by atoms with E-state index in [9.17, 15) is 13.2 Å². The first-order valence-corrected chi connectivity index (χ1v) is 14.6. The zero-order chi connectivity index (χ0) is 25.0.